The molecule has 2 aromatic carbocycles. The van der Waals surface area contributed by atoms with E-state index < -0.39 is 0 Å². The lowest BCUT2D eigenvalue weighted by molar-refractivity contribution is 0.122. The fraction of sp³-hybridized carbons (Fsp3) is 0.316. The molecule has 6 heteroatoms. The smallest absolute Gasteiger partial charge is 0.231 e. The van der Waals surface area contributed by atoms with Gasteiger partial charge in [-0.15, -0.1) is 0 Å². The first-order chi connectivity index (χ1) is 12.3. The molecule has 0 atom stereocenters. The Morgan fingerprint density at radius 3 is 2.64 bits per heavy atom. The molecule has 1 saturated heterocycles. The van der Waals surface area contributed by atoms with E-state index in [1.54, 1.807) is 13.3 Å². The molecule has 130 valence electrons. The van der Waals surface area contributed by atoms with Gasteiger partial charge in [-0.25, -0.2) is 0 Å². The van der Waals surface area contributed by atoms with Crippen LogP contribution in [0, 0.1) is 0 Å². The molecule has 0 amide bonds. The van der Waals surface area contributed by atoms with Gasteiger partial charge in [-0.3, -0.25) is 4.99 Å². The van der Waals surface area contributed by atoms with Gasteiger partial charge in [0.25, 0.3) is 0 Å². The first-order valence-electron chi connectivity index (χ1n) is 8.28. The van der Waals surface area contributed by atoms with Gasteiger partial charge in [0.2, 0.25) is 12.5 Å². The van der Waals surface area contributed by atoms with E-state index in [0.29, 0.717) is 17.2 Å². The second-order valence-corrected chi connectivity index (χ2v) is 5.83. The van der Waals surface area contributed by atoms with Crippen LogP contribution in [0.4, 0.5) is 11.4 Å². The number of nitrogens with zero attached hydrogens (tertiary/aromatic N) is 2. The Labute approximate surface area is 146 Å². The summed E-state index contributed by atoms with van der Waals surface area (Å²) in [5, 5.41) is 0. The van der Waals surface area contributed by atoms with Gasteiger partial charge in [0.1, 0.15) is 0 Å². The van der Waals surface area contributed by atoms with Crippen molar-refractivity contribution in [1.29, 1.82) is 0 Å². The molecule has 6 nitrogen and oxygen atoms in total. The monoisotopic (exact) mass is 340 g/mol. The minimum absolute atomic E-state index is 0.218. The van der Waals surface area contributed by atoms with Gasteiger partial charge in [-0.1, -0.05) is 0 Å². The van der Waals surface area contributed by atoms with Crippen molar-refractivity contribution in [3.8, 4) is 17.2 Å². The molecule has 2 heterocycles. The summed E-state index contributed by atoms with van der Waals surface area (Å²) in [5.41, 5.74) is 3.00. The van der Waals surface area contributed by atoms with Crippen molar-refractivity contribution in [1.82, 2.24) is 0 Å². The summed E-state index contributed by atoms with van der Waals surface area (Å²) in [6.45, 7) is 3.65. The molecule has 0 bridgehead atoms. The van der Waals surface area contributed by atoms with Crippen LogP contribution >= 0.6 is 0 Å². The van der Waals surface area contributed by atoms with Gasteiger partial charge in [-0.2, -0.15) is 0 Å². The van der Waals surface area contributed by atoms with E-state index in [1.807, 2.05) is 24.3 Å². The van der Waals surface area contributed by atoms with Crippen molar-refractivity contribution in [3.63, 3.8) is 0 Å². The maximum absolute atomic E-state index is 5.44. The average Bonchev–Trinajstić information content (AvgIpc) is 3.15. The molecule has 0 aliphatic carbocycles. The predicted octanol–water partition coefficient (Wildman–Crippen LogP) is 3.01. The molecule has 0 N–H and O–H groups in total. The van der Waals surface area contributed by atoms with Crippen LogP contribution in [0.1, 0.15) is 5.56 Å². The van der Waals surface area contributed by atoms with Gasteiger partial charge in [0.05, 0.1) is 26.0 Å². The second kappa shape index (κ2) is 7.03. The van der Waals surface area contributed by atoms with Gasteiger partial charge < -0.3 is 23.8 Å². The number of fused-ring (bicyclic) bond motifs is 1. The van der Waals surface area contributed by atoms with Crippen LogP contribution in [-0.4, -0.2) is 46.4 Å². The van der Waals surface area contributed by atoms with Crippen molar-refractivity contribution in [2.45, 2.75) is 0 Å². The SMILES string of the molecule is COc1cc(C=Nc2ccc(N3CCOCC3)cc2)cc2c1OCO2. The summed E-state index contributed by atoms with van der Waals surface area (Å²) in [4.78, 5) is 6.86. The molecule has 0 unspecified atom stereocenters. The zero-order valence-corrected chi connectivity index (χ0v) is 14.1. The Kier molecular flexibility index (Phi) is 4.43. The Bertz CT molecular complexity index is 768. The molecule has 2 aliphatic rings. The minimum Gasteiger partial charge on any atom is -0.493 e. The van der Waals surface area contributed by atoms with Gasteiger partial charge >= 0.3 is 0 Å². The van der Waals surface area contributed by atoms with Crippen LogP contribution in [0.15, 0.2) is 41.4 Å². The van der Waals surface area contributed by atoms with Gasteiger partial charge in [0.15, 0.2) is 11.5 Å². The van der Waals surface area contributed by atoms with Crippen LogP contribution in [0.2, 0.25) is 0 Å². The maximum Gasteiger partial charge on any atom is 0.231 e. The Morgan fingerprint density at radius 1 is 1.08 bits per heavy atom. The van der Waals surface area contributed by atoms with Crippen molar-refractivity contribution >= 4 is 17.6 Å². The number of aliphatic imine (C=N–C) groups is 1. The molecule has 0 saturated carbocycles. The predicted molar refractivity (Wildman–Crippen MR) is 95.8 cm³/mol. The Morgan fingerprint density at radius 2 is 1.88 bits per heavy atom. The number of morpholine rings is 1. The van der Waals surface area contributed by atoms with E-state index in [4.69, 9.17) is 18.9 Å². The molecular formula is C19H20N2O4. The molecule has 25 heavy (non-hydrogen) atoms. The van der Waals surface area contributed by atoms with E-state index in [2.05, 4.69) is 22.0 Å². The van der Waals surface area contributed by atoms with E-state index in [0.717, 1.165) is 37.6 Å². The first kappa shape index (κ1) is 15.8. The van der Waals surface area contributed by atoms with E-state index in [1.165, 1.54) is 5.69 Å². The van der Waals surface area contributed by atoms with Crippen LogP contribution in [0.3, 0.4) is 0 Å². The van der Waals surface area contributed by atoms with E-state index >= 15 is 0 Å². The quantitative estimate of drug-likeness (QED) is 0.801. The molecular weight excluding hydrogens is 320 g/mol. The topological polar surface area (TPSA) is 52.5 Å². The fourth-order valence-electron chi connectivity index (χ4n) is 2.94. The third-order valence-corrected chi connectivity index (χ3v) is 4.27. The largest absolute Gasteiger partial charge is 0.493 e. The number of anilines is 1. The fourth-order valence-corrected chi connectivity index (χ4v) is 2.94. The first-order valence-corrected chi connectivity index (χ1v) is 8.28. The number of rotatable bonds is 4. The second-order valence-electron chi connectivity index (χ2n) is 5.83. The van der Waals surface area contributed by atoms with Crippen molar-refractivity contribution < 1.29 is 18.9 Å². The highest BCUT2D eigenvalue weighted by atomic mass is 16.7. The summed E-state index contributed by atoms with van der Waals surface area (Å²) >= 11 is 0. The summed E-state index contributed by atoms with van der Waals surface area (Å²) in [6, 6.07) is 12.0. The van der Waals surface area contributed by atoms with Crippen LogP contribution < -0.4 is 19.1 Å². The third-order valence-electron chi connectivity index (χ3n) is 4.27. The number of hydrogen-bond donors (Lipinski definition) is 0. The van der Waals surface area contributed by atoms with Crippen molar-refractivity contribution in [2.24, 2.45) is 4.99 Å². The molecule has 0 aromatic heterocycles. The highest BCUT2D eigenvalue weighted by Gasteiger charge is 2.19. The summed E-state index contributed by atoms with van der Waals surface area (Å²) in [7, 11) is 1.61. The Hall–Kier alpha value is -2.73. The summed E-state index contributed by atoms with van der Waals surface area (Å²) in [5.74, 6) is 1.98. The number of methoxy groups -OCH3 is 1. The molecule has 0 spiro atoms. The number of ether oxygens (including phenoxy) is 4. The lowest BCUT2D eigenvalue weighted by atomic mass is 10.2. The highest BCUT2D eigenvalue weighted by Crippen LogP contribution is 2.41. The van der Waals surface area contributed by atoms with Crippen LogP contribution in [-0.2, 0) is 4.74 Å². The minimum atomic E-state index is 0.218. The molecule has 1 fully saturated rings. The average molecular weight is 340 g/mol. The summed E-state index contributed by atoms with van der Waals surface area (Å²) in [6.07, 6.45) is 1.80. The molecule has 0 radical (unpaired) electrons. The van der Waals surface area contributed by atoms with Crippen LogP contribution in [0.5, 0.6) is 17.2 Å². The van der Waals surface area contributed by atoms with Gasteiger partial charge in [0, 0.05) is 30.6 Å². The lowest BCUT2D eigenvalue weighted by Crippen LogP contribution is -2.36. The zero-order valence-electron chi connectivity index (χ0n) is 14.1. The Balaban J connectivity index is 1.50. The zero-order chi connectivity index (χ0) is 17.1. The van der Waals surface area contributed by atoms with Crippen molar-refractivity contribution in [2.75, 3.05) is 45.1 Å². The van der Waals surface area contributed by atoms with Crippen molar-refractivity contribution in [3.05, 3.63) is 42.0 Å². The lowest BCUT2D eigenvalue weighted by Gasteiger charge is -2.28. The van der Waals surface area contributed by atoms with Gasteiger partial charge in [-0.05, 0) is 36.4 Å². The van der Waals surface area contributed by atoms with E-state index in [9.17, 15) is 0 Å². The van der Waals surface area contributed by atoms with Crippen LogP contribution in [0.25, 0.3) is 0 Å². The number of benzene rings is 2. The summed E-state index contributed by atoms with van der Waals surface area (Å²) < 4.78 is 21.6. The third kappa shape index (κ3) is 3.39. The molecule has 4 rings (SSSR count). The normalized spacial score (nSPS) is 16.4. The molecule has 2 aromatic rings. The standard InChI is InChI=1S/C19H20N2O4/c1-22-17-10-14(11-18-19(17)25-13-24-18)12-20-15-2-4-16(5-3-15)21-6-8-23-9-7-21/h2-5,10-12H,6-9,13H2,1H3. The maximum atomic E-state index is 5.44. The number of hydrogen-bond acceptors (Lipinski definition) is 6. The van der Waals surface area contributed by atoms with E-state index in [-0.39, 0.29) is 6.79 Å². The molecule has 2 aliphatic heterocycles. The highest BCUT2D eigenvalue weighted by molar-refractivity contribution is 5.84.